The molecule has 130 valence electrons. The van der Waals surface area contributed by atoms with Crippen molar-refractivity contribution in [3.8, 4) is 11.3 Å². The lowest BCUT2D eigenvalue weighted by molar-refractivity contribution is -0.137. The van der Waals surface area contributed by atoms with Crippen molar-refractivity contribution in [1.29, 1.82) is 0 Å². The van der Waals surface area contributed by atoms with Crippen LogP contribution in [0, 0.1) is 0 Å². The van der Waals surface area contributed by atoms with Gasteiger partial charge in [0.2, 0.25) is 0 Å². The highest BCUT2D eigenvalue weighted by atomic mass is 32.1. The van der Waals surface area contributed by atoms with E-state index in [1.165, 1.54) is 11.4 Å². The molecule has 0 bridgehead atoms. The number of carbonyl (C=O) groups excluding carboxylic acids is 2. The molecule has 0 aliphatic carbocycles. The zero-order valence-corrected chi connectivity index (χ0v) is 13.8. The number of fused-ring (bicyclic) bond motifs is 1. The van der Waals surface area contributed by atoms with Crippen LogP contribution in [0.1, 0.15) is 25.7 Å². The fourth-order valence-corrected chi connectivity index (χ4v) is 3.46. The number of carbonyl (C=O) groups is 2. The maximum absolute atomic E-state index is 12.7. The zero-order chi connectivity index (χ0) is 18.5. The first-order chi connectivity index (χ1) is 12.4. The van der Waals surface area contributed by atoms with E-state index in [1.807, 2.05) is 0 Å². The number of imide groups is 1. The van der Waals surface area contributed by atoms with Gasteiger partial charge < -0.3 is 0 Å². The Morgan fingerprint density at radius 2 is 1.58 bits per heavy atom. The Morgan fingerprint density at radius 1 is 0.923 bits per heavy atom. The van der Waals surface area contributed by atoms with Gasteiger partial charge in [0, 0.05) is 10.9 Å². The van der Waals surface area contributed by atoms with Gasteiger partial charge in [-0.15, -0.1) is 11.3 Å². The number of thiazole rings is 1. The van der Waals surface area contributed by atoms with Crippen LogP contribution in [0.4, 0.5) is 18.9 Å². The summed E-state index contributed by atoms with van der Waals surface area (Å²) in [6.45, 7) is 0. The van der Waals surface area contributed by atoms with E-state index in [1.54, 1.807) is 42.5 Å². The van der Waals surface area contributed by atoms with E-state index in [0.717, 1.165) is 4.90 Å². The number of amides is 2. The van der Waals surface area contributed by atoms with E-state index in [-0.39, 0.29) is 11.4 Å². The van der Waals surface area contributed by atoms with Crippen LogP contribution < -0.4 is 4.90 Å². The summed E-state index contributed by atoms with van der Waals surface area (Å²) in [5, 5.41) is 0.350. The van der Waals surface area contributed by atoms with Crippen molar-refractivity contribution in [3.63, 3.8) is 0 Å². The fourth-order valence-electron chi connectivity index (χ4n) is 2.76. The Kier molecular flexibility index (Phi) is 3.66. The molecule has 1 aliphatic rings. The Hall–Kier alpha value is -3.00. The van der Waals surface area contributed by atoms with E-state index in [9.17, 15) is 22.8 Å². The third-order valence-electron chi connectivity index (χ3n) is 3.94. The standard InChI is InChI=1S/C18H9F3N2O2S/c19-18(20,21)17-22-14(9-26-17)10-4-3-5-11(8-10)23-15(24)12-6-1-2-7-13(12)16(23)25/h1-9H. The average Bonchev–Trinajstić information content (AvgIpc) is 3.20. The van der Waals surface area contributed by atoms with Crippen LogP contribution in [0.5, 0.6) is 0 Å². The number of benzene rings is 2. The second-order valence-corrected chi connectivity index (χ2v) is 6.44. The van der Waals surface area contributed by atoms with Crippen LogP contribution >= 0.6 is 11.3 Å². The van der Waals surface area contributed by atoms with Gasteiger partial charge in [-0.1, -0.05) is 24.3 Å². The maximum atomic E-state index is 12.7. The number of hydrogen-bond donors (Lipinski definition) is 0. The predicted octanol–water partition coefficient (Wildman–Crippen LogP) is 4.63. The van der Waals surface area contributed by atoms with E-state index >= 15 is 0 Å². The van der Waals surface area contributed by atoms with Gasteiger partial charge in [0.05, 0.1) is 22.5 Å². The second kappa shape index (κ2) is 5.77. The van der Waals surface area contributed by atoms with Gasteiger partial charge in [0.25, 0.3) is 11.8 Å². The molecule has 0 saturated carbocycles. The summed E-state index contributed by atoms with van der Waals surface area (Å²) in [7, 11) is 0. The number of rotatable bonds is 2. The number of alkyl halides is 3. The molecule has 0 atom stereocenters. The monoisotopic (exact) mass is 374 g/mol. The van der Waals surface area contributed by atoms with Gasteiger partial charge in [-0.25, -0.2) is 9.88 Å². The topological polar surface area (TPSA) is 50.3 Å². The van der Waals surface area contributed by atoms with Gasteiger partial charge in [0.1, 0.15) is 0 Å². The lowest BCUT2D eigenvalue weighted by Gasteiger charge is -2.14. The van der Waals surface area contributed by atoms with Gasteiger partial charge in [-0.3, -0.25) is 9.59 Å². The van der Waals surface area contributed by atoms with Gasteiger partial charge in [-0.05, 0) is 24.3 Å². The summed E-state index contributed by atoms with van der Waals surface area (Å²) in [5.74, 6) is -0.922. The highest BCUT2D eigenvalue weighted by molar-refractivity contribution is 7.10. The molecule has 0 spiro atoms. The molecule has 4 rings (SSSR count). The van der Waals surface area contributed by atoms with Crippen LogP contribution in [0.15, 0.2) is 53.9 Å². The van der Waals surface area contributed by atoms with E-state index in [0.29, 0.717) is 28.0 Å². The third kappa shape index (κ3) is 2.59. The maximum Gasteiger partial charge on any atom is 0.443 e. The summed E-state index contributed by atoms with van der Waals surface area (Å²) in [6, 6.07) is 12.7. The molecule has 0 fully saturated rings. The first-order valence-electron chi connectivity index (χ1n) is 7.47. The highest BCUT2D eigenvalue weighted by Crippen LogP contribution is 2.36. The Balaban J connectivity index is 1.73. The number of aromatic nitrogens is 1. The molecule has 0 N–H and O–H groups in total. The first-order valence-corrected chi connectivity index (χ1v) is 8.35. The molecule has 2 heterocycles. The number of nitrogens with zero attached hydrogens (tertiary/aromatic N) is 2. The smallest absolute Gasteiger partial charge is 0.268 e. The molecule has 0 radical (unpaired) electrons. The van der Waals surface area contributed by atoms with Crippen LogP contribution in [-0.4, -0.2) is 16.8 Å². The van der Waals surface area contributed by atoms with Crippen molar-refractivity contribution in [1.82, 2.24) is 4.98 Å². The molecule has 3 aromatic rings. The number of halogens is 3. The SMILES string of the molecule is O=C1c2ccccc2C(=O)N1c1cccc(-c2csc(C(F)(F)F)n2)c1. The summed E-state index contributed by atoms with van der Waals surface area (Å²) in [5.41, 5.74) is 1.42. The lowest BCUT2D eigenvalue weighted by Crippen LogP contribution is -2.29. The van der Waals surface area contributed by atoms with E-state index < -0.39 is 23.0 Å². The molecular formula is C18H9F3N2O2S. The molecule has 8 heteroatoms. The van der Waals surface area contributed by atoms with Crippen LogP contribution in [0.2, 0.25) is 0 Å². The van der Waals surface area contributed by atoms with Crippen molar-refractivity contribution in [2.24, 2.45) is 0 Å². The average molecular weight is 374 g/mol. The van der Waals surface area contributed by atoms with Crippen molar-refractivity contribution in [3.05, 3.63) is 70.0 Å². The molecule has 4 nitrogen and oxygen atoms in total. The first kappa shape index (κ1) is 16.5. The van der Waals surface area contributed by atoms with Crippen LogP contribution in [-0.2, 0) is 6.18 Å². The van der Waals surface area contributed by atoms with Crippen molar-refractivity contribution in [2.75, 3.05) is 4.90 Å². The van der Waals surface area contributed by atoms with Crippen LogP contribution in [0.3, 0.4) is 0 Å². The van der Waals surface area contributed by atoms with Gasteiger partial charge in [-0.2, -0.15) is 13.2 Å². The molecule has 2 amide bonds. The number of hydrogen-bond acceptors (Lipinski definition) is 4. The van der Waals surface area contributed by atoms with Gasteiger partial charge in [0.15, 0.2) is 5.01 Å². The second-order valence-electron chi connectivity index (χ2n) is 5.58. The minimum Gasteiger partial charge on any atom is -0.268 e. The number of anilines is 1. The summed E-state index contributed by atoms with van der Waals surface area (Å²) in [4.78, 5) is 29.7. The highest BCUT2D eigenvalue weighted by Gasteiger charge is 2.37. The van der Waals surface area contributed by atoms with E-state index in [4.69, 9.17) is 0 Å². The summed E-state index contributed by atoms with van der Waals surface area (Å²) < 4.78 is 38.2. The molecule has 0 unspecified atom stereocenters. The molecule has 1 aliphatic heterocycles. The predicted molar refractivity (Wildman–Crippen MR) is 90.1 cm³/mol. The quantitative estimate of drug-likeness (QED) is 0.615. The summed E-state index contributed by atoms with van der Waals surface area (Å²) >= 11 is 0.497. The molecule has 26 heavy (non-hydrogen) atoms. The summed E-state index contributed by atoms with van der Waals surface area (Å²) in [6.07, 6.45) is -4.51. The largest absolute Gasteiger partial charge is 0.443 e. The molecule has 1 aromatic heterocycles. The Morgan fingerprint density at radius 3 is 2.15 bits per heavy atom. The minimum absolute atomic E-state index is 0.140. The van der Waals surface area contributed by atoms with E-state index in [2.05, 4.69) is 4.98 Å². The minimum atomic E-state index is -4.51. The molecular weight excluding hydrogens is 365 g/mol. The lowest BCUT2D eigenvalue weighted by atomic mass is 10.1. The fraction of sp³-hybridized carbons (Fsp3) is 0.0556. The normalized spacial score (nSPS) is 14.0. The Labute approximate surface area is 149 Å². The zero-order valence-electron chi connectivity index (χ0n) is 12.9. The third-order valence-corrected chi connectivity index (χ3v) is 4.83. The van der Waals surface area contributed by atoms with Crippen molar-refractivity contribution in [2.45, 2.75) is 6.18 Å². The molecule has 2 aromatic carbocycles. The Bertz CT molecular complexity index is 1010. The molecule has 0 saturated heterocycles. The van der Waals surface area contributed by atoms with Crippen LogP contribution in [0.25, 0.3) is 11.3 Å². The van der Waals surface area contributed by atoms with Crippen molar-refractivity contribution < 1.29 is 22.8 Å². The van der Waals surface area contributed by atoms with Gasteiger partial charge >= 0.3 is 6.18 Å². The van der Waals surface area contributed by atoms with Crippen molar-refractivity contribution >= 4 is 28.8 Å².